The van der Waals surface area contributed by atoms with Gasteiger partial charge in [-0.3, -0.25) is 9.59 Å². The van der Waals surface area contributed by atoms with Gasteiger partial charge >= 0.3 is 0 Å². The Morgan fingerprint density at radius 2 is 2.12 bits per heavy atom. The molecule has 3 N–H and O–H groups in total. The summed E-state index contributed by atoms with van der Waals surface area (Å²) in [6.07, 6.45) is 0. The summed E-state index contributed by atoms with van der Waals surface area (Å²) in [6.45, 7) is 4.64. The number of hydrogen-bond donors (Lipinski definition) is 3. The molecule has 2 amide bonds. The SMILES string of the molecule is COCCNC(=O)CNC(=O)C(C)C1CNC1. The molecule has 0 aromatic carbocycles. The van der Waals surface area contributed by atoms with Crippen molar-refractivity contribution in [2.45, 2.75) is 6.92 Å². The third kappa shape index (κ3) is 4.70. The summed E-state index contributed by atoms with van der Waals surface area (Å²) in [7, 11) is 1.57. The van der Waals surface area contributed by atoms with Crippen molar-refractivity contribution in [3.8, 4) is 0 Å². The molecule has 17 heavy (non-hydrogen) atoms. The summed E-state index contributed by atoms with van der Waals surface area (Å²) in [4.78, 5) is 23.0. The molecule has 0 bridgehead atoms. The Bertz CT molecular complexity index is 267. The van der Waals surface area contributed by atoms with Crippen molar-refractivity contribution in [2.75, 3.05) is 39.9 Å². The third-order valence-electron chi connectivity index (χ3n) is 2.99. The van der Waals surface area contributed by atoms with Crippen LogP contribution >= 0.6 is 0 Å². The van der Waals surface area contributed by atoms with E-state index in [-0.39, 0.29) is 24.3 Å². The largest absolute Gasteiger partial charge is 0.383 e. The minimum atomic E-state index is -0.186. The number of amides is 2. The maximum Gasteiger partial charge on any atom is 0.239 e. The molecule has 0 aromatic rings. The highest BCUT2D eigenvalue weighted by Gasteiger charge is 2.28. The number of hydrogen-bond acceptors (Lipinski definition) is 4. The van der Waals surface area contributed by atoms with E-state index in [1.807, 2.05) is 6.92 Å². The molecule has 1 fully saturated rings. The van der Waals surface area contributed by atoms with Crippen LogP contribution in [0.3, 0.4) is 0 Å². The Morgan fingerprint density at radius 3 is 2.65 bits per heavy atom. The molecule has 1 atom stereocenters. The van der Waals surface area contributed by atoms with Gasteiger partial charge in [-0.15, -0.1) is 0 Å². The van der Waals surface area contributed by atoms with Gasteiger partial charge in [0.1, 0.15) is 0 Å². The van der Waals surface area contributed by atoms with Crippen molar-refractivity contribution < 1.29 is 14.3 Å². The molecule has 0 aliphatic carbocycles. The van der Waals surface area contributed by atoms with Gasteiger partial charge in [0.2, 0.25) is 11.8 Å². The zero-order valence-electron chi connectivity index (χ0n) is 10.4. The summed E-state index contributed by atoms with van der Waals surface area (Å²) in [5.74, 6) is 0.113. The molecule has 1 saturated heterocycles. The van der Waals surface area contributed by atoms with E-state index in [0.29, 0.717) is 19.1 Å². The molecule has 0 aromatic heterocycles. The van der Waals surface area contributed by atoms with Crippen LogP contribution in [-0.2, 0) is 14.3 Å². The molecular weight excluding hydrogens is 222 g/mol. The van der Waals surface area contributed by atoms with Gasteiger partial charge in [0, 0.05) is 19.6 Å². The summed E-state index contributed by atoms with van der Waals surface area (Å²) >= 11 is 0. The van der Waals surface area contributed by atoms with Gasteiger partial charge in [-0.05, 0) is 19.0 Å². The number of ether oxygens (including phenoxy) is 1. The van der Waals surface area contributed by atoms with E-state index >= 15 is 0 Å². The lowest BCUT2D eigenvalue weighted by Crippen LogP contribution is -2.50. The minimum Gasteiger partial charge on any atom is -0.383 e. The third-order valence-corrected chi connectivity index (χ3v) is 2.99. The zero-order valence-corrected chi connectivity index (χ0v) is 10.4. The Morgan fingerprint density at radius 1 is 1.41 bits per heavy atom. The normalized spacial score (nSPS) is 17.1. The van der Waals surface area contributed by atoms with Crippen LogP contribution in [0, 0.1) is 11.8 Å². The number of rotatable bonds is 7. The molecule has 6 heteroatoms. The molecule has 1 aliphatic rings. The Balaban J connectivity index is 2.11. The maximum absolute atomic E-state index is 11.7. The monoisotopic (exact) mass is 243 g/mol. The van der Waals surface area contributed by atoms with Gasteiger partial charge < -0.3 is 20.7 Å². The van der Waals surface area contributed by atoms with Crippen LogP contribution in [0.25, 0.3) is 0 Å². The van der Waals surface area contributed by atoms with E-state index in [2.05, 4.69) is 16.0 Å². The molecule has 1 aliphatic heterocycles. The first kappa shape index (κ1) is 13.9. The molecule has 0 spiro atoms. The molecule has 1 rings (SSSR count). The second-order valence-corrected chi connectivity index (χ2v) is 4.27. The fourth-order valence-corrected chi connectivity index (χ4v) is 1.56. The summed E-state index contributed by atoms with van der Waals surface area (Å²) in [6, 6.07) is 0. The van der Waals surface area contributed by atoms with Crippen LogP contribution in [0.4, 0.5) is 0 Å². The molecule has 98 valence electrons. The van der Waals surface area contributed by atoms with Gasteiger partial charge in [0.05, 0.1) is 13.2 Å². The van der Waals surface area contributed by atoms with Crippen molar-refractivity contribution in [1.29, 1.82) is 0 Å². The quantitative estimate of drug-likeness (QED) is 0.487. The zero-order chi connectivity index (χ0) is 12.7. The van der Waals surface area contributed by atoms with Crippen LogP contribution in [0.5, 0.6) is 0 Å². The van der Waals surface area contributed by atoms with Crippen molar-refractivity contribution in [1.82, 2.24) is 16.0 Å². The van der Waals surface area contributed by atoms with E-state index in [1.165, 1.54) is 0 Å². The summed E-state index contributed by atoms with van der Waals surface area (Å²) in [5.41, 5.74) is 0. The standard InChI is InChI=1S/C11H21N3O3/c1-8(9-5-12-6-9)11(16)14-7-10(15)13-3-4-17-2/h8-9,12H,3-7H2,1-2H3,(H,13,15)(H,14,16). The van der Waals surface area contributed by atoms with Crippen molar-refractivity contribution >= 4 is 11.8 Å². The van der Waals surface area contributed by atoms with E-state index < -0.39 is 0 Å². The van der Waals surface area contributed by atoms with Crippen LogP contribution in [-0.4, -0.2) is 51.7 Å². The Kier molecular flexibility index (Phi) is 5.93. The predicted octanol–water partition coefficient (Wildman–Crippen LogP) is -1.28. The Labute approximate surface area is 101 Å². The van der Waals surface area contributed by atoms with Crippen LogP contribution < -0.4 is 16.0 Å². The first-order valence-electron chi connectivity index (χ1n) is 5.89. The van der Waals surface area contributed by atoms with E-state index in [0.717, 1.165) is 13.1 Å². The van der Waals surface area contributed by atoms with Crippen LogP contribution in [0.1, 0.15) is 6.92 Å². The molecule has 6 nitrogen and oxygen atoms in total. The summed E-state index contributed by atoms with van der Waals surface area (Å²) < 4.78 is 4.80. The topological polar surface area (TPSA) is 79.5 Å². The van der Waals surface area contributed by atoms with Gasteiger partial charge in [-0.2, -0.15) is 0 Å². The van der Waals surface area contributed by atoms with Gasteiger partial charge in [-0.25, -0.2) is 0 Å². The number of carbonyl (C=O) groups excluding carboxylic acids is 2. The highest BCUT2D eigenvalue weighted by molar-refractivity contribution is 5.85. The molecule has 0 saturated carbocycles. The van der Waals surface area contributed by atoms with Crippen molar-refractivity contribution in [2.24, 2.45) is 11.8 Å². The van der Waals surface area contributed by atoms with Gasteiger partial charge in [0.15, 0.2) is 0 Å². The highest BCUT2D eigenvalue weighted by atomic mass is 16.5. The van der Waals surface area contributed by atoms with Crippen LogP contribution in [0.15, 0.2) is 0 Å². The number of nitrogens with one attached hydrogen (secondary N) is 3. The molecular formula is C11H21N3O3. The van der Waals surface area contributed by atoms with Gasteiger partial charge in [-0.1, -0.05) is 6.92 Å². The maximum atomic E-state index is 11.7. The molecule has 1 unspecified atom stereocenters. The predicted molar refractivity (Wildman–Crippen MR) is 63.4 cm³/mol. The number of methoxy groups -OCH3 is 1. The van der Waals surface area contributed by atoms with Crippen LogP contribution in [0.2, 0.25) is 0 Å². The van der Waals surface area contributed by atoms with Crippen molar-refractivity contribution in [3.05, 3.63) is 0 Å². The van der Waals surface area contributed by atoms with Gasteiger partial charge in [0.25, 0.3) is 0 Å². The summed E-state index contributed by atoms with van der Waals surface area (Å²) in [5, 5.41) is 8.41. The molecule has 0 radical (unpaired) electrons. The minimum absolute atomic E-state index is 0.0348. The second-order valence-electron chi connectivity index (χ2n) is 4.27. The average molecular weight is 243 g/mol. The van der Waals surface area contributed by atoms with E-state index in [1.54, 1.807) is 7.11 Å². The van der Waals surface area contributed by atoms with Crippen molar-refractivity contribution in [3.63, 3.8) is 0 Å². The lowest BCUT2D eigenvalue weighted by Gasteiger charge is -2.31. The van der Waals surface area contributed by atoms with E-state index in [4.69, 9.17) is 4.74 Å². The number of carbonyl (C=O) groups is 2. The first-order chi connectivity index (χ1) is 8.15. The fourth-order valence-electron chi connectivity index (χ4n) is 1.56. The lowest BCUT2D eigenvalue weighted by molar-refractivity contribution is -0.129. The second kappa shape index (κ2) is 7.24. The average Bonchev–Trinajstić information content (AvgIpc) is 2.23. The Hall–Kier alpha value is -1.14. The van der Waals surface area contributed by atoms with E-state index in [9.17, 15) is 9.59 Å². The first-order valence-corrected chi connectivity index (χ1v) is 5.89. The molecule has 1 heterocycles. The smallest absolute Gasteiger partial charge is 0.239 e. The fraction of sp³-hybridized carbons (Fsp3) is 0.818. The highest BCUT2D eigenvalue weighted by Crippen LogP contribution is 2.15. The lowest BCUT2D eigenvalue weighted by atomic mass is 9.88.